The summed E-state index contributed by atoms with van der Waals surface area (Å²) < 4.78 is 5.70. The Morgan fingerprint density at radius 2 is 1.96 bits per heavy atom. The first kappa shape index (κ1) is 18.4. The smallest absolute Gasteiger partial charge is 0.325 e. The average Bonchev–Trinajstić information content (AvgIpc) is 3.11. The van der Waals surface area contributed by atoms with Gasteiger partial charge in [-0.2, -0.15) is 0 Å². The van der Waals surface area contributed by atoms with E-state index < -0.39 is 11.2 Å². The Hall–Kier alpha value is -3.42. The molecule has 1 aromatic carbocycles. The van der Waals surface area contributed by atoms with Crippen LogP contribution in [-0.4, -0.2) is 20.9 Å². The van der Waals surface area contributed by atoms with Crippen molar-refractivity contribution < 1.29 is 9.21 Å². The van der Waals surface area contributed by atoms with E-state index in [2.05, 4.69) is 41.3 Å². The third-order valence-corrected chi connectivity index (χ3v) is 4.07. The first-order valence-electron chi connectivity index (χ1n) is 8.59. The maximum absolute atomic E-state index is 12.0. The number of aromatic amines is 2. The standard InChI is InChI=1S/C19H20N4O4/c1-11(2)12-3-5-13(6-4-12)15-10-20-17(27-15)8-7-16(24)22-14-9-21-19(26)23-18(14)25/h3-6,9-11H,7-8H2,1-2H3,(H,22,24)(H2,21,23,25,26). The van der Waals surface area contributed by atoms with Crippen molar-refractivity contribution in [3.63, 3.8) is 0 Å². The molecule has 0 aliphatic carbocycles. The van der Waals surface area contributed by atoms with Crippen LogP contribution in [0.5, 0.6) is 0 Å². The number of amides is 1. The molecule has 0 fully saturated rings. The van der Waals surface area contributed by atoms with Crippen LogP contribution >= 0.6 is 0 Å². The molecule has 0 atom stereocenters. The molecule has 2 aromatic heterocycles. The molecule has 0 saturated carbocycles. The second-order valence-corrected chi connectivity index (χ2v) is 6.43. The highest BCUT2D eigenvalue weighted by Crippen LogP contribution is 2.23. The van der Waals surface area contributed by atoms with E-state index in [4.69, 9.17) is 4.42 Å². The number of rotatable bonds is 6. The van der Waals surface area contributed by atoms with Gasteiger partial charge in [-0.15, -0.1) is 0 Å². The fourth-order valence-corrected chi connectivity index (χ4v) is 2.53. The lowest BCUT2D eigenvalue weighted by atomic mass is 10.0. The first-order chi connectivity index (χ1) is 12.9. The Balaban J connectivity index is 1.59. The Morgan fingerprint density at radius 3 is 2.63 bits per heavy atom. The number of benzene rings is 1. The van der Waals surface area contributed by atoms with Crippen molar-refractivity contribution in [2.75, 3.05) is 5.32 Å². The molecule has 1 amide bonds. The van der Waals surface area contributed by atoms with Gasteiger partial charge in [0.25, 0.3) is 5.56 Å². The minimum Gasteiger partial charge on any atom is -0.441 e. The fraction of sp³-hybridized carbons (Fsp3) is 0.263. The monoisotopic (exact) mass is 368 g/mol. The van der Waals surface area contributed by atoms with Crippen LogP contribution in [0.3, 0.4) is 0 Å². The summed E-state index contributed by atoms with van der Waals surface area (Å²) in [7, 11) is 0. The summed E-state index contributed by atoms with van der Waals surface area (Å²) in [5, 5.41) is 2.44. The molecule has 8 heteroatoms. The van der Waals surface area contributed by atoms with Gasteiger partial charge in [0, 0.05) is 24.6 Å². The van der Waals surface area contributed by atoms with Crippen molar-refractivity contribution in [1.29, 1.82) is 0 Å². The summed E-state index contributed by atoms with van der Waals surface area (Å²) in [6.45, 7) is 4.26. The molecule has 8 nitrogen and oxygen atoms in total. The molecule has 0 spiro atoms. The summed E-state index contributed by atoms with van der Waals surface area (Å²) >= 11 is 0. The number of hydrogen-bond donors (Lipinski definition) is 3. The highest BCUT2D eigenvalue weighted by Gasteiger charge is 2.11. The van der Waals surface area contributed by atoms with Crippen LogP contribution in [0.15, 0.2) is 50.7 Å². The van der Waals surface area contributed by atoms with Gasteiger partial charge in [-0.25, -0.2) is 9.78 Å². The lowest BCUT2D eigenvalue weighted by molar-refractivity contribution is -0.116. The SMILES string of the molecule is CC(C)c1ccc(-c2cnc(CCC(=O)Nc3c[nH]c(=O)[nH]c3=O)o2)cc1. The number of aryl methyl sites for hydroxylation is 1. The summed E-state index contributed by atoms with van der Waals surface area (Å²) in [6.07, 6.45) is 3.16. The van der Waals surface area contributed by atoms with Crippen LogP contribution in [0.1, 0.15) is 37.6 Å². The van der Waals surface area contributed by atoms with Gasteiger partial charge in [0.1, 0.15) is 5.69 Å². The second kappa shape index (κ2) is 7.86. The first-order valence-corrected chi connectivity index (χ1v) is 8.59. The number of aromatic nitrogens is 3. The van der Waals surface area contributed by atoms with Gasteiger partial charge in [0.15, 0.2) is 11.7 Å². The van der Waals surface area contributed by atoms with E-state index in [1.54, 1.807) is 6.20 Å². The van der Waals surface area contributed by atoms with E-state index in [1.807, 2.05) is 17.1 Å². The van der Waals surface area contributed by atoms with E-state index in [0.717, 1.165) is 11.8 Å². The van der Waals surface area contributed by atoms with Gasteiger partial charge in [-0.3, -0.25) is 14.6 Å². The topological polar surface area (TPSA) is 121 Å². The predicted octanol–water partition coefficient (Wildman–Crippen LogP) is 2.41. The maximum Gasteiger partial charge on any atom is 0.325 e. The van der Waals surface area contributed by atoms with E-state index in [-0.39, 0.29) is 24.4 Å². The van der Waals surface area contributed by atoms with Crippen molar-refractivity contribution in [3.05, 3.63) is 69.0 Å². The van der Waals surface area contributed by atoms with Crippen molar-refractivity contribution in [2.24, 2.45) is 0 Å². The Bertz CT molecular complexity index is 1040. The summed E-state index contributed by atoms with van der Waals surface area (Å²) in [4.78, 5) is 43.0. The fourth-order valence-electron chi connectivity index (χ4n) is 2.53. The molecule has 0 unspecified atom stereocenters. The van der Waals surface area contributed by atoms with Gasteiger partial charge in [-0.1, -0.05) is 38.1 Å². The number of anilines is 1. The van der Waals surface area contributed by atoms with Gasteiger partial charge >= 0.3 is 5.69 Å². The van der Waals surface area contributed by atoms with Gasteiger partial charge in [0.05, 0.1) is 6.20 Å². The quantitative estimate of drug-likeness (QED) is 0.617. The largest absolute Gasteiger partial charge is 0.441 e. The molecular weight excluding hydrogens is 348 g/mol. The number of hydrogen-bond acceptors (Lipinski definition) is 5. The molecule has 0 bridgehead atoms. The number of H-pyrrole nitrogens is 2. The van der Waals surface area contributed by atoms with E-state index >= 15 is 0 Å². The summed E-state index contributed by atoms with van der Waals surface area (Å²) in [6, 6.07) is 8.07. The predicted molar refractivity (Wildman–Crippen MR) is 101 cm³/mol. The zero-order chi connectivity index (χ0) is 19.4. The molecule has 3 rings (SSSR count). The number of oxazole rings is 1. The minimum absolute atomic E-state index is 0.0158. The molecule has 0 radical (unpaired) electrons. The molecule has 0 saturated heterocycles. The highest BCUT2D eigenvalue weighted by molar-refractivity contribution is 5.90. The van der Waals surface area contributed by atoms with Gasteiger partial charge in [-0.05, 0) is 11.5 Å². The molecule has 3 N–H and O–H groups in total. The van der Waals surface area contributed by atoms with Crippen LogP contribution in [-0.2, 0) is 11.2 Å². The third-order valence-electron chi connectivity index (χ3n) is 4.07. The van der Waals surface area contributed by atoms with Crippen LogP contribution < -0.4 is 16.6 Å². The lowest BCUT2D eigenvalue weighted by Crippen LogP contribution is -2.26. The van der Waals surface area contributed by atoms with E-state index in [1.165, 1.54) is 5.56 Å². The number of nitrogens with one attached hydrogen (secondary N) is 3. The molecule has 0 aliphatic rings. The van der Waals surface area contributed by atoms with Crippen LogP contribution in [0.25, 0.3) is 11.3 Å². The average molecular weight is 368 g/mol. The molecular formula is C19H20N4O4. The lowest BCUT2D eigenvalue weighted by Gasteiger charge is -2.05. The van der Waals surface area contributed by atoms with E-state index in [9.17, 15) is 14.4 Å². The molecule has 2 heterocycles. The molecule has 0 aliphatic heterocycles. The zero-order valence-corrected chi connectivity index (χ0v) is 15.0. The second-order valence-electron chi connectivity index (χ2n) is 6.43. The van der Waals surface area contributed by atoms with Crippen LogP contribution in [0, 0.1) is 0 Å². The third kappa shape index (κ3) is 4.60. The Labute approximate surface area is 154 Å². The highest BCUT2D eigenvalue weighted by atomic mass is 16.4. The Morgan fingerprint density at radius 1 is 1.22 bits per heavy atom. The maximum atomic E-state index is 12.0. The molecule has 27 heavy (non-hydrogen) atoms. The zero-order valence-electron chi connectivity index (χ0n) is 15.0. The van der Waals surface area contributed by atoms with Crippen molar-refractivity contribution >= 4 is 11.6 Å². The minimum atomic E-state index is -0.657. The van der Waals surface area contributed by atoms with Crippen molar-refractivity contribution in [2.45, 2.75) is 32.6 Å². The van der Waals surface area contributed by atoms with Gasteiger partial charge in [0.2, 0.25) is 5.91 Å². The normalized spacial score (nSPS) is 10.9. The molecule has 140 valence electrons. The van der Waals surface area contributed by atoms with Gasteiger partial charge < -0.3 is 14.7 Å². The van der Waals surface area contributed by atoms with Crippen LogP contribution in [0.4, 0.5) is 5.69 Å². The number of carbonyl (C=O) groups excluding carboxylic acids is 1. The van der Waals surface area contributed by atoms with E-state index in [0.29, 0.717) is 17.6 Å². The van der Waals surface area contributed by atoms with Crippen molar-refractivity contribution in [1.82, 2.24) is 15.0 Å². The summed E-state index contributed by atoms with van der Waals surface area (Å²) in [5.41, 5.74) is 0.856. The summed E-state index contributed by atoms with van der Waals surface area (Å²) in [5.74, 6) is 1.15. The Kier molecular flexibility index (Phi) is 5.35. The van der Waals surface area contributed by atoms with Crippen LogP contribution in [0.2, 0.25) is 0 Å². The van der Waals surface area contributed by atoms with Crippen molar-refractivity contribution in [3.8, 4) is 11.3 Å². The number of carbonyl (C=O) groups is 1. The number of nitrogens with zero attached hydrogens (tertiary/aromatic N) is 1. The molecule has 3 aromatic rings.